The number of phenolic OH excluding ortho intramolecular Hbond substituents is 1. The molecule has 1 aromatic carbocycles. The second kappa shape index (κ2) is 6.60. The van der Waals surface area contributed by atoms with E-state index in [-0.39, 0.29) is 11.7 Å². The van der Waals surface area contributed by atoms with Gasteiger partial charge in [0.15, 0.2) is 5.96 Å². The van der Waals surface area contributed by atoms with E-state index in [1.807, 2.05) is 0 Å². The van der Waals surface area contributed by atoms with Gasteiger partial charge in [0.05, 0.1) is 4.47 Å². The Bertz CT molecular complexity index is 524. The number of nitrogens with one attached hydrogen (secondary N) is 1. The van der Waals surface area contributed by atoms with E-state index in [4.69, 9.17) is 10.5 Å². The van der Waals surface area contributed by atoms with Gasteiger partial charge in [-0.05, 0) is 54.4 Å². The molecule has 0 heterocycles. The molecule has 110 valence electrons. The summed E-state index contributed by atoms with van der Waals surface area (Å²) in [5, 5.41) is 12.2. The molecule has 0 saturated carbocycles. The summed E-state index contributed by atoms with van der Waals surface area (Å²) in [4.78, 5) is 15.0. The van der Waals surface area contributed by atoms with Crippen LogP contribution in [-0.4, -0.2) is 22.8 Å². The number of halogens is 1. The van der Waals surface area contributed by atoms with E-state index in [2.05, 4.69) is 26.2 Å². The van der Waals surface area contributed by atoms with Crippen LogP contribution in [0.3, 0.4) is 0 Å². The number of rotatable bonds is 2. The summed E-state index contributed by atoms with van der Waals surface area (Å²) in [6, 6.07) is 5.03. The minimum Gasteiger partial charge on any atom is -0.507 e. The summed E-state index contributed by atoms with van der Waals surface area (Å²) in [6.07, 6.45) is -0.741. The molecule has 1 rings (SSSR count). The summed E-state index contributed by atoms with van der Waals surface area (Å²) >= 11 is 3.21. The Morgan fingerprint density at radius 1 is 1.50 bits per heavy atom. The molecule has 0 radical (unpaired) electrons. The van der Waals surface area contributed by atoms with Crippen LogP contribution >= 0.6 is 15.9 Å². The molecule has 0 unspecified atom stereocenters. The first-order valence-corrected chi connectivity index (χ1v) is 6.75. The number of benzene rings is 1. The van der Waals surface area contributed by atoms with Gasteiger partial charge < -0.3 is 20.9 Å². The van der Waals surface area contributed by atoms with Crippen molar-refractivity contribution in [1.29, 1.82) is 0 Å². The average Bonchev–Trinajstić information content (AvgIpc) is 2.28. The number of amides is 1. The highest BCUT2D eigenvalue weighted by Crippen LogP contribution is 2.24. The summed E-state index contributed by atoms with van der Waals surface area (Å²) < 4.78 is 5.59. The lowest BCUT2D eigenvalue weighted by Gasteiger charge is -2.17. The Labute approximate surface area is 126 Å². The first kappa shape index (κ1) is 16.3. The number of aliphatic imine (C=N–C) groups is 1. The van der Waals surface area contributed by atoms with Crippen molar-refractivity contribution in [2.45, 2.75) is 32.9 Å². The number of guanidine groups is 1. The number of nitrogens with two attached hydrogens (primary N) is 1. The van der Waals surface area contributed by atoms with Gasteiger partial charge in [0, 0.05) is 6.54 Å². The number of phenols is 1. The van der Waals surface area contributed by atoms with E-state index in [0.717, 1.165) is 5.56 Å². The number of hydrogen-bond donors (Lipinski definition) is 3. The largest absolute Gasteiger partial charge is 0.507 e. The lowest BCUT2D eigenvalue weighted by molar-refractivity contribution is 0.0603. The first-order valence-electron chi connectivity index (χ1n) is 5.96. The number of nitrogens with zero attached hydrogens (tertiary/aromatic N) is 1. The van der Waals surface area contributed by atoms with Crippen molar-refractivity contribution >= 4 is 28.0 Å². The monoisotopic (exact) mass is 343 g/mol. The van der Waals surface area contributed by atoms with Gasteiger partial charge in [0.2, 0.25) is 0 Å². The fraction of sp³-hybridized carbons (Fsp3) is 0.385. The van der Waals surface area contributed by atoms with Gasteiger partial charge >= 0.3 is 6.09 Å². The molecule has 0 spiro atoms. The standard InChI is InChI=1S/C13H18BrN3O3/c1-13(2,3)20-12(19)17-11(15)16-7-8-4-5-10(18)9(14)6-8/h4-6,18H,7H2,1-3H3,(H3,15,16,17,19). The minimum absolute atomic E-state index is 0.0246. The van der Waals surface area contributed by atoms with Crippen LogP contribution < -0.4 is 11.1 Å². The van der Waals surface area contributed by atoms with Gasteiger partial charge in [-0.25, -0.2) is 4.79 Å². The predicted octanol–water partition coefficient (Wildman–Crippen LogP) is 2.49. The Morgan fingerprint density at radius 2 is 2.15 bits per heavy atom. The predicted molar refractivity (Wildman–Crippen MR) is 80.5 cm³/mol. The summed E-state index contributed by atoms with van der Waals surface area (Å²) in [5.74, 6) is 0.132. The third-order valence-corrected chi connectivity index (χ3v) is 2.73. The fourth-order valence-corrected chi connectivity index (χ4v) is 1.70. The SMILES string of the molecule is CC(C)(C)OC(=O)/N=C(\N)NCc1ccc(O)c(Br)c1. The summed E-state index contributed by atoms with van der Waals surface area (Å²) in [6.45, 7) is 5.62. The summed E-state index contributed by atoms with van der Waals surface area (Å²) in [7, 11) is 0. The van der Waals surface area contributed by atoms with Gasteiger partial charge in [-0.15, -0.1) is 4.99 Å². The van der Waals surface area contributed by atoms with Crippen LogP contribution in [0.2, 0.25) is 0 Å². The molecule has 0 bridgehead atoms. The maximum absolute atomic E-state index is 11.4. The lowest BCUT2D eigenvalue weighted by Crippen LogP contribution is -2.33. The summed E-state index contributed by atoms with van der Waals surface area (Å²) in [5.41, 5.74) is 5.85. The van der Waals surface area contributed by atoms with Crippen LogP contribution in [0.4, 0.5) is 4.79 Å². The third kappa shape index (κ3) is 5.92. The maximum Gasteiger partial charge on any atom is 0.437 e. The van der Waals surface area contributed by atoms with Gasteiger partial charge in [-0.3, -0.25) is 0 Å². The molecule has 0 aromatic heterocycles. The van der Waals surface area contributed by atoms with E-state index in [9.17, 15) is 9.90 Å². The number of hydrogen-bond acceptors (Lipinski definition) is 3. The van der Waals surface area contributed by atoms with Gasteiger partial charge in [0.25, 0.3) is 0 Å². The van der Waals surface area contributed by atoms with Crippen molar-refractivity contribution in [1.82, 2.24) is 5.32 Å². The minimum atomic E-state index is -0.741. The molecule has 0 aliphatic carbocycles. The molecule has 0 aliphatic heterocycles. The van der Waals surface area contributed by atoms with Crippen LogP contribution in [0.25, 0.3) is 0 Å². The average molecular weight is 344 g/mol. The van der Waals surface area contributed by atoms with Gasteiger partial charge in [-0.2, -0.15) is 0 Å². The Morgan fingerprint density at radius 3 is 2.70 bits per heavy atom. The van der Waals surface area contributed by atoms with Crippen LogP contribution in [0.5, 0.6) is 5.75 Å². The highest BCUT2D eigenvalue weighted by atomic mass is 79.9. The molecular weight excluding hydrogens is 326 g/mol. The normalized spacial score (nSPS) is 12.1. The van der Waals surface area contributed by atoms with Crippen LogP contribution in [0, 0.1) is 0 Å². The van der Waals surface area contributed by atoms with Crippen LogP contribution in [-0.2, 0) is 11.3 Å². The number of carbonyl (C=O) groups is 1. The Hall–Kier alpha value is -1.76. The van der Waals surface area contributed by atoms with E-state index in [0.29, 0.717) is 11.0 Å². The molecule has 20 heavy (non-hydrogen) atoms. The highest BCUT2D eigenvalue weighted by molar-refractivity contribution is 9.10. The second-order valence-electron chi connectivity index (χ2n) is 5.12. The molecule has 0 saturated heterocycles. The van der Waals surface area contributed by atoms with Gasteiger partial charge in [0.1, 0.15) is 11.4 Å². The molecule has 0 aliphatic rings. The highest BCUT2D eigenvalue weighted by Gasteiger charge is 2.15. The molecule has 0 atom stereocenters. The topological polar surface area (TPSA) is 96.9 Å². The van der Waals surface area contributed by atoms with Crippen molar-refractivity contribution in [3.63, 3.8) is 0 Å². The maximum atomic E-state index is 11.4. The second-order valence-corrected chi connectivity index (χ2v) is 5.97. The zero-order valence-electron chi connectivity index (χ0n) is 11.6. The van der Waals surface area contributed by atoms with Crippen molar-refractivity contribution in [3.05, 3.63) is 28.2 Å². The van der Waals surface area contributed by atoms with Crippen molar-refractivity contribution in [3.8, 4) is 5.75 Å². The number of ether oxygens (including phenoxy) is 1. The molecule has 6 nitrogen and oxygen atoms in total. The Balaban J connectivity index is 2.56. The van der Waals surface area contributed by atoms with Crippen molar-refractivity contribution < 1.29 is 14.6 Å². The van der Waals surface area contributed by atoms with Crippen LogP contribution in [0.1, 0.15) is 26.3 Å². The van der Waals surface area contributed by atoms with E-state index in [1.54, 1.807) is 39.0 Å². The van der Waals surface area contributed by atoms with E-state index >= 15 is 0 Å². The van der Waals surface area contributed by atoms with Crippen molar-refractivity contribution in [2.75, 3.05) is 0 Å². The molecule has 4 N–H and O–H groups in total. The van der Waals surface area contributed by atoms with Crippen LogP contribution in [0.15, 0.2) is 27.7 Å². The zero-order valence-corrected chi connectivity index (χ0v) is 13.2. The smallest absolute Gasteiger partial charge is 0.437 e. The lowest BCUT2D eigenvalue weighted by atomic mass is 10.2. The zero-order chi connectivity index (χ0) is 15.3. The molecule has 7 heteroatoms. The van der Waals surface area contributed by atoms with E-state index in [1.165, 1.54) is 0 Å². The molecule has 1 aromatic rings. The molecule has 0 fully saturated rings. The first-order chi connectivity index (χ1) is 9.17. The quantitative estimate of drug-likeness (QED) is 0.566. The van der Waals surface area contributed by atoms with Crippen molar-refractivity contribution in [2.24, 2.45) is 10.7 Å². The van der Waals surface area contributed by atoms with E-state index < -0.39 is 11.7 Å². The number of carbonyl (C=O) groups excluding carboxylic acids is 1. The third-order valence-electron chi connectivity index (χ3n) is 2.09. The fourth-order valence-electron chi connectivity index (χ4n) is 1.28. The molecular formula is C13H18BrN3O3. The Kier molecular flexibility index (Phi) is 5.38. The van der Waals surface area contributed by atoms with Gasteiger partial charge in [-0.1, -0.05) is 6.07 Å². The molecule has 1 amide bonds. The number of aromatic hydroxyl groups is 1.